The molecule has 2 fully saturated rings. The molecule has 1 saturated carbocycles. The van der Waals surface area contributed by atoms with Gasteiger partial charge in [-0.1, -0.05) is 6.92 Å². The average Bonchev–Trinajstić information content (AvgIpc) is 2.92. The van der Waals surface area contributed by atoms with Crippen LogP contribution >= 0.6 is 0 Å². The van der Waals surface area contributed by atoms with Crippen LogP contribution in [0.4, 0.5) is 0 Å². The fraction of sp³-hybridized carbons (Fsp3) is 1.00. The third kappa shape index (κ3) is 2.44. The van der Waals surface area contributed by atoms with Crippen LogP contribution in [0.5, 0.6) is 0 Å². The quantitative estimate of drug-likeness (QED) is 0.713. The van der Waals surface area contributed by atoms with Gasteiger partial charge in [-0.15, -0.1) is 0 Å². The van der Waals surface area contributed by atoms with E-state index in [1.165, 1.54) is 38.9 Å². The molecule has 0 amide bonds. The molecule has 76 valence electrons. The number of piperidine rings is 1. The Morgan fingerprint density at radius 1 is 1.31 bits per heavy atom. The monoisotopic (exact) mass is 182 g/mol. The Labute approximate surface area is 81.5 Å². The Kier molecular flexibility index (Phi) is 2.89. The first-order valence-electron chi connectivity index (χ1n) is 5.72. The zero-order valence-corrected chi connectivity index (χ0v) is 8.71. The summed E-state index contributed by atoms with van der Waals surface area (Å²) in [7, 11) is 0. The van der Waals surface area contributed by atoms with Crippen LogP contribution < -0.4 is 5.73 Å². The van der Waals surface area contributed by atoms with Gasteiger partial charge in [0.05, 0.1) is 0 Å². The molecule has 1 heterocycles. The average molecular weight is 182 g/mol. The topological polar surface area (TPSA) is 29.3 Å². The van der Waals surface area contributed by atoms with Crippen molar-refractivity contribution in [3.8, 4) is 0 Å². The summed E-state index contributed by atoms with van der Waals surface area (Å²) in [5.41, 5.74) is 5.78. The lowest BCUT2D eigenvalue weighted by molar-refractivity contribution is 0.128. The van der Waals surface area contributed by atoms with Gasteiger partial charge in [0.1, 0.15) is 0 Å². The van der Waals surface area contributed by atoms with Crippen LogP contribution in [0.1, 0.15) is 26.2 Å². The van der Waals surface area contributed by atoms with Gasteiger partial charge in [-0.05, 0) is 50.1 Å². The lowest BCUT2D eigenvalue weighted by Gasteiger charge is -2.36. The molecule has 0 aromatic heterocycles. The summed E-state index contributed by atoms with van der Waals surface area (Å²) in [4.78, 5) is 2.63. The maximum atomic E-state index is 5.78. The second-order valence-electron chi connectivity index (χ2n) is 4.96. The van der Waals surface area contributed by atoms with E-state index in [9.17, 15) is 0 Å². The third-order valence-electron chi connectivity index (χ3n) is 3.71. The van der Waals surface area contributed by atoms with E-state index in [4.69, 9.17) is 5.73 Å². The zero-order valence-electron chi connectivity index (χ0n) is 8.71. The highest BCUT2D eigenvalue weighted by molar-refractivity contribution is 4.83. The fourth-order valence-electron chi connectivity index (χ4n) is 2.36. The standard InChI is InChI=1S/C11H22N2/c1-9-4-5-13(7-10-2-3-10)8-11(9)6-12/h9-11H,2-8,12H2,1H3. The Bertz CT molecular complexity index is 165. The van der Waals surface area contributed by atoms with Crippen LogP contribution in [0.15, 0.2) is 0 Å². The molecule has 2 atom stereocenters. The molecule has 2 heteroatoms. The van der Waals surface area contributed by atoms with E-state index in [1.807, 2.05) is 0 Å². The van der Waals surface area contributed by atoms with E-state index in [2.05, 4.69) is 11.8 Å². The number of nitrogens with two attached hydrogens (primary N) is 1. The van der Waals surface area contributed by atoms with Gasteiger partial charge < -0.3 is 10.6 Å². The van der Waals surface area contributed by atoms with Crippen molar-refractivity contribution in [2.75, 3.05) is 26.2 Å². The Hall–Kier alpha value is -0.0800. The molecule has 2 N–H and O–H groups in total. The minimum absolute atomic E-state index is 0.757. The van der Waals surface area contributed by atoms with Crippen LogP contribution in [0.25, 0.3) is 0 Å². The maximum Gasteiger partial charge on any atom is 0.00244 e. The molecular formula is C11H22N2. The molecule has 1 saturated heterocycles. The molecule has 0 radical (unpaired) electrons. The van der Waals surface area contributed by atoms with Gasteiger partial charge in [0.2, 0.25) is 0 Å². The van der Waals surface area contributed by atoms with Crippen LogP contribution in [0.2, 0.25) is 0 Å². The van der Waals surface area contributed by atoms with Crippen molar-refractivity contribution in [3.63, 3.8) is 0 Å². The fourth-order valence-corrected chi connectivity index (χ4v) is 2.36. The first-order chi connectivity index (χ1) is 6.29. The van der Waals surface area contributed by atoms with E-state index in [-0.39, 0.29) is 0 Å². The van der Waals surface area contributed by atoms with Gasteiger partial charge in [-0.3, -0.25) is 0 Å². The highest BCUT2D eigenvalue weighted by Gasteiger charge is 2.29. The predicted octanol–water partition coefficient (Wildman–Crippen LogP) is 1.31. The molecule has 2 unspecified atom stereocenters. The molecule has 2 rings (SSSR count). The van der Waals surface area contributed by atoms with E-state index in [0.29, 0.717) is 0 Å². The normalized spacial score (nSPS) is 36.5. The first-order valence-corrected chi connectivity index (χ1v) is 5.72. The predicted molar refractivity (Wildman–Crippen MR) is 55.5 cm³/mol. The van der Waals surface area contributed by atoms with Crippen LogP contribution in [-0.2, 0) is 0 Å². The molecule has 1 aliphatic heterocycles. The SMILES string of the molecule is CC1CCN(CC2CC2)CC1CN. The van der Waals surface area contributed by atoms with Crippen molar-refractivity contribution < 1.29 is 0 Å². The summed E-state index contributed by atoms with van der Waals surface area (Å²) in [5.74, 6) is 2.64. The summed E-state index contributed by atoms with van der Waals surface area (Å²) in [5, 5.41) is 0. The third-order valence-corrected chi connectivity index (χ3v) is 3.71. The van der Waals surface area contributed by atoms with Crippen LogP contribution in [-0.4, -0.2) is 31.1 Å². The smallest absolute Gasteiger partial charge is 0.00244 e. The number of hydrogen-bond donors (Lipinski definition) is 1. The van der Waals surface area contributed by atoms with Gasteiger partial charge >= 0.3 is 0 Å². The van der Waals surface area contributed by atoms with Gasteiger partial charge in [-0.2, -0.15) is 0 Å². The van der Waals surface area contributed by atoms with E-state index < -0.39 is 0 Å². The minimum Gasteiger partial charge on any atom is -0.330 e. The van der Waals surface area contributed by atoms with Gasteiger partial charge in [-0.25, -0.2) is 0 Å². The van der Waals surface area contributed by atoms with Crippen molar-refractivity contribution in [1.29, 1.82) is 0 Å². The van der Waals surface area contributed by atoms with Crippen LogP contribution in [0.3, 0.4) is 0 Å². The van der Waals surface area contributed by atoms with Crippen LogP contribution in [0, 0.1) is 17.8 Å². The molecule has 1 aliphatic carbocycles. The lowest BCUT2D eigenvalue weighted by atomic mass is 9.87. The van der Waals surface area contributed by atoms with Crippen molar-refractivity contribution >= 4 is 0 Å². The number of likely N-dealkylation sites (tertiary alicyclic amines) is 1. The highest BCUT2D eigenvalue weighted by atomic mass is 15.1. The highest BCUT2D eigenvalue weighted by Crippen LogP contribution is 2.32. The van der Waals surface area contributed by atoms with E-state index >= 15 is 0 Å². The molecule has 2 aliphatic rings. The second kappa shape index (κ2) is 3.97. The minimum atomic E-state index is 0.757. The zero-order chi connectivity index (χ0) is 9.26. The number of hydrogen-bond acceptors (Lipinski definition) is 2. The molecule has 0 aromatic rings. The first kappa shape index (κ1) is 9.47. The van der Waals surface area contributed by atoms with Crippen molar-refractivity contribution in [2.24, 2.45) is 23.5 Å². The molecule has 0 spiro atoms. The lowest BCUT2D eigenvalue weighted by Crippen LogP contribution is -2.43. The molecule has 13 heavy (non-hydrogen) atoms. The Balaban J connectivity index is 1.78. The summed E-state index contributed by atoms with van der Waals surface area (Å²) in [6.45, 7) is 7.15. The van der Waals surface area contributed by atoms with Gasteiger partial charge in [0, 0.05) is 13.1 Å². The maximum absolute atomic E-state index is 5.78. The van der Waals surface area contributed by atoms with E-state index in [1.54, 1.807) is 0 Å². The summed E-state index contributed by atoms with van der Waals surface area (Å²) < 4.78 is 0. The molecular weight excluding hydrogens is 160 g/mol. The molecule has 2 nitrogen and oxygen atoms in total. The summed E-state index contributed by atoms with van der Waals surface area (Å²) >= 11 is 0. The van der Waals surface area contributed by atoms with Gasteiger partial charge in [0.15, 0.2) is 0 Å². The largest absolute Gasteiger partial charge is 0.330 e. The Morgan fingerprint density at radius 2 is 2.08 bits per heavy atom. The van der Waals surface area contributed by atoms with Crippen molar-refractivity contribution in [3.05, 3.63) is 0 Å². The van der Waals surface area contributed by atoms with Gasteiger partial charge in [0.25, 0.3) is 0 Å². The number of rotatable bonds is 3. The molecule has 0 aromatic carbocycles. The number of nitrogens with zero attached hydrogens (tertiary/aromatic N) is 1. The second-order valence-corrected chi connectivity index (χ2v) is 4.96. The van der Waals surface area contributed by atoms with Crippen molar-refractivity contribution in [1.82, 2.24) is 4.90 Å². The summed E-state index contributed by atoms with van der Waals surface area (Å²) in [6.07, 6.45) is 4.30. The Morgan fingerprint density at radius 3 is 2.69 bits per heavy atom. The summed E-state index contributed by atoms with van der Waals surface area (Å²) in [6, 6.07) is 0. The van der Waals surface area contributed by atoms with Crippen molar-refractivity contribution in [2.45, 2.75) is 26.2 Å². The molecule has 0 bridgehead atoms. The van der Waals surface area contributed by atoms with E-state index in [0.717, 1.165) is 24.3 Å².